The van der Waals surface area contributed by atoms with E-state index >= 15 is 4.39 Å². The number of aromatic nitrogens is 2. The van der Waals surface area contributed by atoms with Crippen molar-refractivity contribution in [1.29, 1.82) is 0 Å². The molecule has 314 valence electrons. The van der Waals surface area contributed by atoms with E-state index < -0.39 is 5.82 Å². The minimum Gasteiger partial charge on any atom is -0.366 e. The van der Waals surface area contributed by atoms with Gasteiger partial charge in [0.15, 0.2) is 0 Å². The van der Waals surface area contributed by atoms with Crippen LogP contribution in [-0.4, -0.2) is 82.9 Å². The van der Waals surface area contributed by atoms with Crippen LogP contribution in [0.25, 0.3) is 16.6 Å². The van der Waals surface area contributed by atoms with Gasteiger partial charge in [-0.05, 0) is 140 Å². The van der Waals surface area contributed by atoms with E-state index in [1.807, 2.05) is 21.9 Å². The largest absolute Gasteiger partial charge is 0.366 e. The molecule has 3 amide bonds. The van der Waals surface area contributed by atoms with Gasteiger partial charge in [0.2, 0.25) is 17.7 Å². The lowest BCUT2D eigenvalue weighted by molar-refractivity contribution is -0.137. The smallest absolute Gasteiger partial charge is 0.281 e. The lowest BCUT2D eigenvalue weighted by atomic mass is 9.69. The molecule has 10 nitrogen and oxygen atoms in total. The van der Waals surface area contributed by atoms with Crippen molar-refractivity contribution < 1.29 is 18.8 Å². The van der Waals surface area contributed by atoms with Crippen LogP contribution in [0.2, 0.25) is 0 Å². The number of nitrogens with zero attached hydrogens (tertiary/aromatic N) is 6. The number of amides is 3. The Balaban J connectivity index is 0.726. The van der Waals surface area contributed by atoms with Gasteiger partial charge in [-0.2, -0.15) is 4.98 Å². The van der Waals surface area contributed by atoms with E-state index in [2.05, 4.69) is 49.7 Å². The number of halogens is 2. The summed E-state index contributed by atoms with van der Waals surface area (Å²) in [5.41, 5.74) is 5.27. The minimum atomic E-state index is -0.456. The number of rotatable bonds is 6. The highest BCUT2D eigenvalue weighted by Gasteiger charge is 2.47. The average Bonchev–Trinajstić information content (AvgIpc) is 3.51. The van der Waals surface area contributed by atoms with Crippen LogP contribution in [0.15, 0.2) is 63.9 Å². The summed E-state index contributed by atoms with van der Waals surface area (Å²) in [7, 11) is 0. The molecule has 1 aromatic heterocycles. The molecule has 4 aromatic rings. The molecule has 3 saturated heterocycles. The summed E-state index contributed by atoms with van der Waals surface area (Å²) in [5.74, 6) is 1.30. The SMILES string of the molecule is O=C(C1CCC(CN2CCC(c3ccc4c(c3)-n3c(nc(=O)c5c(Br)cccc53)C43CCCCC3)CC2)CC1)N1CCN(c2ccc(N3C(=O)CCCC3=O)cc2F)CC1. The molecule has 0 atom stereocenters. The third-order valence-electron chi connectivity index (χ3n) is 15.0. The van der Waals surface area contributed by atoms with E-state index in [-0.39, 0.29) is 40.3 Å². The molecule has 0 unspecified atom stereocenters. The molecular weight excluding hydrogens is 823 g/mol. The standard InChI is InChI=1S/C48H54BrFN6O4/c49-37-6-4-7-40-44(37)45(59)51-47-48(20-2-1-3-21-48)36-16-14-34(28-41(36)56(40)47)32-18-22-52(23-19-32)30-31-10-12-33(13-11-31)46(60)54-26-24-53(25-27-54)39-17-15-35(29-38(39)50)55-42(57)8-5-9-43(55)58/h4,6-7,14-17,28-29,31-33H,1-3,5,8-13,18-27,30H2. The van der Waals surface area contributed by atoms with Gasteiger partial charge in [0.05, 0.1) is 33.4 Å². The lowest BCUT2D eigenvalue weighted by Crippen LogP contribution is -2.51. The van der Waals surface area contributed by atoms with Crippen LogP contribution in [0.1, 0.15) is 113 Å². The molecule has 12 heteroatoms. The van der Waals surface area contributed by atoms with Crippen LogP contribution in [0.3, 0.4) is 0 Å². The lowest BCUT2D eigenvalue weighted by Gasteiger charge is -2.40. The zero-order chi connectivity index (χ0) is 41.1. The Morgan fingerprint density at radius 3 is 2.23 bits per heavy atom. The van der Waals surface area contributed by atoms with E-state index in [0.29, 0.717) is 68.4 Å². The van der Waals surface area contributed by atoms with Crippen molar-refractivity contribution in [2.75, 3.05) is 55.6 Å². The van der Waals surface area contributed by atoms with Gasteiger partial charge in [-0.15, -0.1) is 0 Å². The molecule has 1 spiro atoms. The van der Waals surface area contributed by atoms with Gasteiger partial charge in [-0.25, -0.2) is 4.39 Å². The summed E-state index contributed by atoms with van der Waals surface area (Å²) in [6.07, 6.45) is 13.0. The first-order valence-corrected chi connectivity index (χ1v) is 23.3. The fraction of sp³-hybridized carbons (Fsp3) is 0.521. The fourth-order valence-electron chi connectivity index (χ4n) is 11.7. The van der Waals surface area contributed by atoms with Gasteiger partial charge in [0.1, 0.15) is 11.6 Å². The molecule has 3 aromatic carbocycles. The van der Waals surface area contributed by atoms with Crippen molar-refractivity contribution in [2.45, 2.75) is 101 Å². The van der Waals surface area contributed by atoms with Gasteiger partial charge in [0, 0.05) is 62.0 Å². The molecule has 10 rings (SSSR count). The first kappa shape index (κ1) is 39.7. The Hall–Kier alpha value is -4.42. The van der Waals surface area contributed by atoms with Crippen LogP contribution in [-0.2, 0) is 19.8 Å². The third kappa shape index (κ3) is 6.99. The number of benzene rings is 3. The van der Waals surface area contributed by atoms with Crippen LogP contribution >= 0.6 is 15.9 Å². The number of carbonyl (C=O) groups is 3. The first-order valence-electron chi connectivity index (χ1n) is 22.5. The maximum atomic E-state index is 15.3. The topological polar surface area (TPSA) is 99.1 Å². The molecule has 2 saturated carbocycles. The average molecular weight is 878 g/mol. The Kier molecular flexibility index (Phi) is 10.7. The van der Waals surface area contributed by atoms with E-state index in [4.69, 9.17) is 4.98 Å². The molecule has 4 aliphatic heterocycles. The summed E-state index contributed by atoms with van der Waals surface area (Å²) >= 11 is 3.65. The predicted octanol–water partition coefficient (Wildman–Crippen LogP) is 8.23. The van der Waals surface area contributed by atoms with Crippen molar-refractivity contribution in [3.05, 3.63) is 92.2 Å². The second-order valence-corrected chi connectivity index (χ2v) is 19.2. The fourth-order valence-corrected chi connectivity index (χ4v) is 12.2. The number of fused-ring (bicyclic) bond motifs is 7. The molecule has 0 N–H and O–H groups in total. The Bertz CT molecular complexity index is 2390. The van der Waals surface area contributed by atoms with Crippen molar-refractivity contribution in [1.82, 2.24) is 19.4 Å². The Morgan fingerprint density at radius 1 is 0.783 bits per heavy atom. The highest BCUT2D eigenvalue weighted by atomic mass is 79.9. The van der Waals surface area contributed by atoms with E-state index in [1.165, 1.54) is 29.3 Å². The van der Waals surface area contributed by atoms with Gasteiger partial charge in [-0.1, -0.05) is 37.5 Å². The number of hydrogen-bond acceptors (Lipinski definition) is 7. The molecule has 5 fully saturated rings. The number of carbonyl (C=O) groups excluding carboxylic acids is 3. The second kappa shape index (κ2) is 16.1. The Labute approximate surface area is 359 Å². The van der Waals surface area contributed by atoms with Crippen LogP contribution < -0.4 is 15.4 Å². The van der Waals surface area contributed by atoms with Crippen molar-refractivity contribution in [3.63, 3.8) is 0 Å². The summed E-state index contributed by atoms with van der Waals surface area (Å²) < 4.78 is 18.4. The van der Waals surface area contributed by atoms with Crippen LogP contribution in [0.5, 0.6) is 0 Å². The van der Waals surface area contributed by atoms with Gasteiger partial charge in [-0.3, -0.25) is 28.6 Å². The maximum Gasteiger partial charge on any atom is 0.281 e. The number of likely N-dealkylation sites (tertiary alicyclic amines) is 1. The van der Waals surface area contributed by atoms with Crippen molar-refractivity contribution in [2.24, 2.45) is 11.8 Å². The van der Waals surface area contributed by atoms with E-state index in [0.717, 1.165) is 105 Å². The summed E-state index contributed by atoms with van der Waals surface area (Å²) in [4.78, 5) is 64.3. The number of anilines is 2. The molecule has 2 aliphatic carbocycles. The minimum absolute atomic E-state index is 0.0541. The van der Waals surface area contributed by atoms with Gasteiger partial charge >= 0.3 is 0 Å². The zero-order valence-electron chi connectivity index (χ0n) is 34.3. The van der Waals surface area contributed by atoms with Crippen molar-refractivity contribution in [3.8, 4) is 5.69 Å². The van der Waals surface area contributed by atoms with Crippen LogP contribution in [0, 0.1) is 17.7 Å². The zero-order valence-corrected chi connectivity index (χ0v) is 35.9. The second-order valence-electron chi connectivity index (χ2n) is 18.3. The molecule has 6 aliphatic rings. The normalized spacial score (nSPS) is 23.7. The number of piperidine rings is 2. The molecule has 60 heavy (non-hydrogen) atoms. The molecule has 5 heterocycles. The molecule has 0 bridgehead atoms. The van der Waals surface area contributed by atoms with E-state index in [9.17, 15) is 19.2 Å². The Morgan fingerprint density at radius 2 is 1.52 bits per heavy atom. The van der Waals surface area contributed by atoms with Gasteiger partial charge in [0.25, 0.3) is 5.56 Å². The highest BCUT2D eigenvalue weighted by Crippen LogP contribution is 2.52. The first-order chi connectivity index (χ1) is 29.2. The maximum absolute atomic E-state index is 15.3. The van der Waals surface area contributed by atoms with Gasteiger partial charge < -0.3 is 14.7 Å². The highest BCUT2D eigenvalue weighted by molar-refractivity contribution is 9.10. The summed E-state index contributed by atoms with van der Waals surface area (Å²) in [6.45, 7) is 5.45. The number of imide groups is 1. The number of piperazine rings is 1. The predicted molar refractivity (Wildman–Crippen MR) is 234 cm³/mol. The quantitative estimate of drug-likeness (QED) is 0.180. The summed E-state index contributed by atoms with van der Waals surface area (Å²) in [5, 5.41) is 0.654. The molecular formula is C48H54BrFN6O4. The van der Waals surface area contributed by atoms with Crippen LogP contribution in [0.4, 0.5) is 15.8 Å². The van der Waals surface area contributed by atoms with Crippen molar-refractivity contribution >= 4 is 55.9 Å². The third-order valence-corrected chi connectivity index (χ3v) is 15.6. The number of hydrogen-bond donors (Lipinski definition) is 0. The van der Waals surface area contributed by atoms with E-state index in [1.54, 1.807) is 12.1 Å². The monoisotopic (exact) mass is 876 g/mol. The molecule has 0 radical (unpaired) electrons. The summed E-state index contributed by atoms with van der Waals surface area (Å²) in [6, 6.07) is 17.8.